The van der Waals surface area contributed by atoms with Gasteiger partial charge in [0.25, 0.3) is 15.9 Å². The SMILES string of the molecule is CC(C)(CNC(=O)c1ccc(NS(=O)(=O)c2ccc(F)c(F)c2)cc1)c1ccc2c(c1)OCO2. The van der Waals surface area contributed by atoms with Crippen LogP contribution in [0.5, 0.6) is 11.5 Å². The first-order chi connectivity index (χ1) is 16.0. The van der Waals surface area contributed by atoms with Crippen LogP contribution in [0, 0.1) is 11.6 Å². The minimum atomic E-state index is -4.13. The number of carbonyl (C=O) groups is 1. The molecule has 1 heterocycles. The number of hydrogen-bond acceptors (Lipinski definition) is 5. The number of carbonyl (C=O) groups excluding carboxylic acids is 1. The van der Waals surface area contributed by atoms with Gasteiger partial charge in [-0.05, 0) is 60.2 Å². The van der Waals surface area contributed by atoms with Gasteiger partial charge >= 0.3 is 0 Å². The third kappa shape index (κ3) is 4.96. The summed E-state index contributed by atoms with van der Waals surface area (Å²) in [4.78, 5) is 12.2. The molecule has 10 heteroatoms. The number of ether oxygens (including phenoxy) is 2. The molecule has 34 heavy (non-hydrogen) atoms. The minimum absolute atomic E-state index is 0.168. The molecule has 0 radical (unpaired) electrons. The van der Waals surface area contributed by atoms with E-state index < -0.39 is 32.0 Å². The summed E-state index contributed by atoms with van der Waals surface area (Å²) < 4.78 is 64.3. The fraction of sp³-hybridized carbons (Fsp3) is 0.208. The lowest BCUT2D eigenvalue weighted by molar-refractivity contribution is 0.0945. The summed E-state index contributed by atoms with van der Waals surface area (Å²) in [6.07, 6.45) is 0. The van der Waals surface area contributed by atoms with E-state index in [1.54, 1.807) is 0 Å². The van der Waals surface area contributed by atoms with Crippen molar-refractivity contribution >= 4 is 21.6 Å². The highest BCUT2D eigenvalue weighted by atomic mass is 32.2. The lowest BCUT2D eigenvalue weighted by Crippen LogP contribution is -2.36. The molecular weight excluding hydrogens is 466 g/mol. The summed E-state index contributed by atoms with van der Waals surface area (Å²) in [6, 6.07) is 13.7. The maximum Gasteiger partial charge on any atom is 0.261 e. The van der Waals surface area contributed by atoms with Crippen molar-refractivity contribution in [2.75, 3.05) is 18.1 Å². The summed E-state index contributed by atoms with van der Waals surface area (Å²) in [5.74, 6) is -1.39. The Morgan fingerprint density at radius 1 is 0.941 bits per heavy atom. The molecule has 0 aliphatic carbocycles. The summed E-state index contributed by atoms with van der Waals surface area (Å²) in [6.45, 7) is 4.50. The van der Waals surface area contributed by atoms with Gasteiger partial charge in [0.2, 0.25) is 6.79 Å². The number of sulfonamides is 1. The highest BCUT2D eigenvalue weighted by molar-refractivity contribution is 7.92. The average Bonchev–Trinajstić information content (AvgIpc) is 3.27. The van der Waals surface area contributed by atoms with E-state index >= 15 is 0 Å². The van der Waals surface area contributed by atoms with Gasteiger partial charge in [-0.3, -0.25) is 9.52 Å². The predicted octanol–water partition coefficient (Wildman–Crippen LogP) is 4.20. The van der Waals surface area contributed by atoms with Gasteiger partial charge in [-0.25, -0.2) is 17.2 Å². The first-order valence-electron chi connectivity index (χ1n) is 10.3. The van der Waals surface area contributed by atoms with Gasteiger partial charge in [0.05, 0.1) is 4.90 Å². The Balaban J connectivity index is 1.39. The molecule has 3 aromatic carbocycles. The van der Waals surface area contributed by atoms with E-state index in [2.05, 4.69) is 10.0 Å². The second kappa shape index (κ2) is 8.94. The number of anilines is 1. The molecule has 0 aromatic heterocycles. The van der Waals surface area contributed by atoms with Crippen LogP contribution < -0.4 is 19.5 Å². The van der Waals surface area contributed by atoms with Gasteiger partial charge in [0, 0.05) is 23.2 Å². The van der Waals surface area contributed by atoms with E-state index in [1.807, 2.05) is 32.0 Å². The molecule has 0 saturated heterocycles. The monoisotopic (exact) mass is 488 g/mol. The maximum atomic E-state index is 13.4. The fourth-order valence-corrected chi connectivity index (χ4v) is 4.44. The summed E-state index contributed by atoms with van der Waals surface area (Å²) in [7, 11) is -4.13. The quantitative estimate of drug-likeness (QED) is 0.520. The highest BCUT2D eigenvalue weighted by Crippen LogP contribution is 2.36. The zero-order chi connectivity index (χ0) is 24.5. The second-order valence-electron chi connectivity index (χ2n) is 8.39. The topological polar surface area (TPSA) is 93.7 Å². The Morgan fingerprint density at radius 3 is 2.35 bits per heavy atom. The molecule has 1 aliphatic heterocycles. The van der Waals surface area contributed by atoms with Crippen LogP contribution in [0.3, 0.4) is 0 Å². The number of benzene rings is 3. The second-order valence-corrected chi connectivity index (χ2v) is 10.1. The van der Waals surface area contributed by atoms with Crippen molar-refractivity contribution in [3.05, 3.63) is 83.4 Å². The first kappa shape index (κ1) is 23.5. The Bertz CT molecular complexity index is 1340. The lowest BCUT2D eigenvalue weighted by atomic mass is 9.84. The Kier molecular flexibility index (Phi) is 6.18. The minimum Gasteiger partial charge on any atom is -0.454 e. The van der Waals surface area contributed by atoms with E-state index in [9.17, 15) is 22.0 Å². The molecule has 7 nitrogen and oxygen atoms in total. The number of hydrogen-bond donors (Lipinski definition) is 2. The van der Waals surface area contributed by atoms with Crippen LogP contribution in [0.15, 0.2) is 65.6 Å². The maximum absolute atomic E-state index is 13.4. The molecule has 3 aromatic rings. The smallest absolute Gasteiger partial charge is 0.261 e. The van der Waals surface area contributed by atoms with Gasteiger partial charge in [0.15, 0.2) is 23.1 Å². The molecule has 0 atom stereocenters. The molecular formula is C24H22F2N2O5S. The molecule has 0 bridgehead atoms. The van der Waals surface area contributed by atoms with Crippen molar-refractivity contribution in [2.45, 2.75) is 24.2 Å². The van der Waals surface area contributed by atoms with Crippen molar-refractivity contribution in [3.8, 4) is 11.5 Å². The summed E-state index contributed by atoms with van der Waals surface area (Å²) in [5, 5.41) is 2.88. The number of rotatable bonds is 7. The van der Waals surface area contributed by atoms with Gasteiger partial charge in [-0.15, -0.1) is 0 Å². The van der Waals surface area contributed by atoms with Crippen LogP contribution in [0.25, 0.3) is 0 Å². The largest absolute Gasteiger partial charge is 0.454 e. The van der Waals surface area contributed by atoms with Crippen LogP contribution in [-0.2, 0) is 15.4 Å². The number of halogens is 2. The predicted molar refractivity (Wildman–Crippen MR) is 122 cm³/mol. The van der Waals surface area contributed by atoms with Crippen LogP contribution >= 0.6 is 0 Å². The number of fused-ring (bicyclic) bond motifs is 1. The van der Waals surface area contributed by atoms with E-state index in [0.717, 1.165) is 17.7 Å². The number of amides is 1. The first-order valence-corrected chi connectivity index (χ1v) is 11.8. The third-order valence-corrected chi connectivity index (χ3v) is 6.82. The molecule has 178 valence electrons. The van der Waals surface area contributed by atoms with E-state index in [0.29, 0.717) is 29.7 Å². The lowest BCUT2D eigenvalue weighted by Gasteiger charge is -2.26. The van der Waals surface area contributed by atoms with Crippen molar-refractivity contribution in [1.29, 1.82) is 0 Å². The highest BCUT2D eigenvalue weighted by Gasteiger charge is 2.25. The molecule has 0 saturated carbocycles. The Hall–Kier alpha value is -3.66. The van der Waals surface area contributed by atoms with Crippen molar-refractivity contribution in [2.24, 2.45) is 0 Å². The van der Waals surface area contributed by atoms with Crippen LogP contribution in [-0.4, -0.2) is 27.7 Å². The zero-order valence-corrected chi connectivity index (χ0v) is 19.2. The normalized spacial score (nSPS) is 12.9. The van der Waals surface area contributed by atoms with Gasteiger partial charge in [-0.2, -0.15) is 0 Å². The number of nitrogens with one attached hydrogen (secondary N) is 2. The van der Waals surface area contributed by atoms with Gasteiger partial charge < -0.3 is 14.8 Å². The fourth-order valence-electron chi connectivity index (χ4n) is 3.37. The zero-order valence-electron chi connectivity index (χ0n) is 18.4. The van der Waals surface area contributed by atoms with Crippen molar-refractivity contribution < 1.29 is 31.5 Å². The van der Waals surface area contributed by atoms with Crippen LogP contribution in [0.1, 0.15) is 29.8 Å². The van der Waals surface area contributed by atoms with E-state index in [1.165, 1.54) is 24.3 Å². The Labute approximate surface area is 195 Å². The van der Waals surface area contributed by atoms with Gasteiger partial charge in [0.1, 0.15) is 0 Å². The van der Waals surface area contributed by atoms with Crippen molar-refractivity contribution in [1.82, 2.24) is 5.32 Å². The van der Waals surface area contributed by atoms with Gasteiger partial charge in [-0.1, -0.05) is 19.9 Å². The molecule has 1 amide bonds. The Morgan fingerprint density at radius 2 is 1.65 bits per heavy atom. The summed E-state index contributed by atoms with van der Waals surface area (Å²) >= 11 is 0. The van der Waals surface area contributed by atoms with Crippen LogP contribution in [0.2, 0.25) is 0 Å². The molecule has 4 rings (SSSR count). The third-order valence-electron chi connectivity index (χ3n) is 5.45. The standard InChI is InChI=1S/C24H22F2N2O5S/c1-24(2,16-5-10-21-22(11-16)33-14-32-21)13-27-23(29)15-3-6-17(7-4-15)28-34(30,31)18-8-9-19(25)20(26)12-18/h3-12,28H,13-14H2,1-2H3,(H,27,29). The summed E-state index contributed by atoms with van der Waals surface area (Å²) in [5.41, 5.74) is 1.08. The average molecular weight is 489 g/mol. The van der Waals surface area contributed by atoms with Crippen LogP contribution in [0.4, 0.5) is 14.5 Å². The molecule has 1 aliphatic rings. The van der Waals surface area contributed by atoms with E-state index in [4.69, 9.17) is 9.47 Å². The van der Waals surface area contributed by atoms with Crippen molar-refractivity contribution in [3.63, 3.8) is 0 Å². The molecule has 0 fully saturated rings. The molecule has 0 spiro atoms. The van der Waals surface area contributed by atoms with E-state index in [-0.39, 0.29) is 18.4 Å². The molecule has 2 N–H and O–H groups in total. The molecule has 0 unspecified atom stereocenters.